The van der Waals surface area contributed by atoms with Gasteiger partial charge >= 0.3 is 0 Å². The highest BCUT2D eigenvalue weighted by molar-refractivity contribution is 5.20. The summed E-state index contributed by atoms with van der Waals surface area (Å²) in [5.74, 6) is 0.493. The fraction of sp³-hybridized carbons (Fsp3) is 0.591. The number of hydrogen-bond acceptors (Lipinski definition) is 3. The van der Waals surface area contributed by atoms with Crippen LogP contribution < -0.4 is 0 Å². The van der Waals surface area contributed by atoms with E-state index in [1.807, 2.05) is 11.7 Å². The summed E-state index contributed by atoms with van der Waals surface area (Å²) in [5.41, 5.74) is 4.12. The predicted molar refractivity (Wildman–Crippen MR) is 108 cm³/mol. The molecule has 0 saturated carbocycles. The molecule has 1 aliphatic rings. The smallest absolute Gasteiger partial charge is 0.0694 e. The van der Waals surface area contributed by atoms with Crippen molar-refractivity contribution in [3.05, 3.63) is 53.3 Å². The first-order chi connectivity index (χ1) is 12.6. The van der Waals surface area contributed by atoms with Gasteiger partial charge in [0.1, 0.15) is 0 Å². The molecule has 1 fully saturated rings. The highest BCUT2D eigenvalue weighted by Crippen LogP contribution is 2.19. The van der Waals surface area contributed by atoms with Crippen molar-refractivity contribution >= 4 is 0 Å². The maximum atomic E-state index is 4.66. The van der Waals surface area contributed by atoms with Crippen molar-refractivity contribution in [2.45, 2.75) is 45.6 Å². The lowest BCUT2D eigenvalue weighted by atomic mass is 10.1. The SMILES string of the molecule is CC(C)c1nn(C)cc1CN1CCCN(CCCc2ccccc2)CC1. The Hall–Kier alpha value is -1.65. The van der Waals surface area contributed by atoms with Gasteiger partial charge in [0.2, 0.25) is 0 Å². The van der Waals surface area contributed by atoms with Crippen molar-refractivity contribution in [3.63, 3.8) is 0 Å². The lowest BCUT2D eigenvalue weighted by Gasteiger charge is -2.22. The maximum absolute atomic E-state index is 4.66. The third-order valence-electron chi connectivity index (χ3n) is 5.34. The van der Waals surface area contributed by atoms with Gasteiger partial charge in [0.15, 0.2) is 0 Å². The Balaban J connectivity index is 1.46. The molecule has 0 radical (unpaired) electrons. The molecule has 0 N–H and O–H groups in total. The van der Waals surface area contributed by atoms with Crippen LogP contribution in [0.3, 0.4) is 0 Å². The van der Waals surface area contributed by atoms with Crippen molar-refractivity contribution in [2.24, 2.45) is 7.05 Å². The monoisotopic (exact) mass is 354 g/mol. The van der Waals surface area contributed by atoms with Crippen molar-refractivity contribution < 1.29 is 0 Å². The van der Waals surface area contributed by atoms with Gasteiger partial charge in [-0.3, -0.25) is 9.58 Å². The molecule has 0 aliphatic carbocycles. The van der Waals surface area contributed by atoms with Gasteiger partial charge in [-0.05, 0) is 50.4 Å². The molecule has 1 aromatic heterocycles. The zero-order valence-corrected chi connectivity index (χ0v) is 16.7. The van der Waals surface area contributed by atoms with Gasteiger partial charge in [0.25, 0.3) is 0 Å². The number of nitrogens with zero attached hydrogens (tertiary/aromatic N) is 4. The molecule has 0 spiro atoms. The van der Waals surface area contributed by atoms with Gasteiger partial charge in [-0.15, -0.1) is 0 Å². The molecule has 142 valence electrons. The van der Waals surface area contributed by atoms with Crippen LogP contribution in [0.5, 0.6) is 0 Å². The Morgan fingerprint density at radius 3 is 2.50 bits per heavy atom. The van der Waals surface area contributed by atoms with Crippen LogP contribution in [0.25, 0.3) is 0 Å². The van der Waals surface area contributed by atoms with Crippen molar-refractivity contribution in [3.8, 4) is 0 Å². The number of aromatic nitrogens is 2. The first kappa shape index (κ1) is 19.1. The number of aryl methyl sites for hydroxylation is 2. The lowest BCUT2D eigenvalue weighted by Crippen LogP contribution is -2.31. The molecular formula is C22H34N4. The summed E-state index contributed by atoms with van der Waals surface area (Å²) in [6, 6.07) is 10.9. The van der Waals surface area contributed by atoms with Crippen LogP contribution >= 0.6 is 0 Å². The zero-order valence-electron chi connectivity index (χ0n) is 16.7. The van der Waals surface area contributed by atoms with Gasteiger partial charge in [-0.1, -0.05) is 44.2 Å². The fourth-order valence-corrected chi connectivity index (χ4v) is 3.96. The minimum atomic E-state index is 0.493. The molecule has 2 heterocycles. The van der Waals surface area contributed by atoms with Crippen LogP contribution in [0.15, 0.2) is 36.5 Å². The Labute approximate surface area is 158 Å². The van der Waals surface area contributed by atoms with E-state index >= 15 is 0 Å². The quantitative estimate of drug-likeness (QED) is 0.758. The van der Waals surface area contributed by atoms with Crippen LogP contribution in [0.4, 0.5) is 0 Å². The topological polar surface area (TPSA) is 24.3 Å². The van der Waals surface area contributed by atoms with Gasteiger partial charge in [0, 0.05) is 38.4 Å². The summed E-state index contributed by atoms with van der Waals surface area (Å²) in [4.78, 5) is 5.26. The molecule has 0 amide bonds. The summed E-state index contributed by atoms with van der Waals surface area (Å²) in [5, 5.41) is 4.66. The second-order valence-corrected chi connectivity index (χ2v) is 7.93. The van der Waals surface area contributed by atoms with Crippen LogP contribution in [-0.2, 0) is 20.0 Å². The molecule has 4 heteroatoms. The van der Waals surface area contributed by atoms with E-state index in [0.717, 1.165) is 13.1 Å². The molecule has 3 rings (SSSR count). The van der Waals surface area contributed by atoms with Crippen LogP contribution in [-0.4, -0.2) is 52.3 Å². The molecule has 0 atom stereocenters. The van der Waals surface area contributed by atoms with Crippen LogP contribution in [0, 0.1) is 0 Å². The molecular weight excluding hydrogens is 320 g/mol. The van der Waals surface area contributed by atoms with E-state index in [9.17, 15) is 0 Å². The van der Waals surface area contributed by atoms with Gasteiger partial charge in [-0.2, -0.15) is 5.10 Å². The summed E-state index contributed by atoms with van der Waals surface area (Å²) in [6.07, 6.45) is 5.92. The van der Waals surface area contributed by atoms with Crippen molar-refractivity contribution in [2.75, 3.05) is 32.7 Å². The Bertz CT molecular complexity index is 662. The van der Waals surface area contributed by atoms with E-state index in [1.54, 1.807) is 0 Å². The normalized spacial score (nSPS) is 16.9. The summed E-state index contributed by atoms with van der Waals surface area (Å²) < 4.78 is 1.97. The third-order valence-corrected chi connectivity index (χ3v) is 5.34. The van der Waals surface area contributed by atoms with Crippen molar-refractivity contribution in [1.29, 1.82) is 0 Å². The van der Waals surface area contributed by atoms with E-state index in [-0.39, 0.29) is 0 Å². The molecule has 1 aliphatic heterocycles. The summed E-state index contributed by atoms with van der Waals surface area (Å²) in [7, 11) is 2.03. The van der Waals surface area contributed by atoms with Crippen LogP contribution in [0.2, 0.25) is 0 Å². The Kier molecular flexibility index (Phi) is 6.86. The third kappa shape index (κ3) is 5.42. The predicted octanol–water partition coefficient (Wildman–Crippen LogP) is 3.68. The number of hydrogen-bond donors (Lipinski definition) is 0. The van der Waals surface area contributed by atoms with Gasteiger partial charge in [0.05, 0.1) is 5.69 Å². The molecule has 1 saturated heterocycles. The maximum Gasteiger partial charge on any atom is 0.0694 e. The highest BCUT2D eigenvalue weighted by atomic mass is 15.3. The molecule has 26 heavy (non-hydrogen) atoms. The second-order valence-electron chi connectivity index (χ2n) is 7.93. The van der Waals surface area contributed by atoms with Gasteiger partial charge < -0.3 is 4.90 Å². The van der Waals surface area contributed by atoms with E-state index in [1.165, 1.54) is 62.3 Å². The summed E-state index contributed by atoms with van der Waals surface area (Å²) in [6.45, 7) is 11.5. The molecule has 0 unspecified atom stereocenters. The van der Waals surface area contributed by atoms with Crippen molar-refractivity contribution in [1.82, 2.24) is 19.6 Å². The van der Waals surface area contributed by atoms with Gasteiger partial charge in [-0.25, -0.2) is 0 Å². The average molecular weight is 355 g/mol. The fourth-order valence-electron chi connectivity index (χ4n) is 3.96. The summed E-state index contributed by atoms with van der Waals surface area (Å²) >= 11 is 0. The minimum Gasteiger partial charge on any atom is -0.302 e. The standard InChI is InChI=1S/C22H34N4/c1-19(2)22-21(17-24(3)23-22)18-26-14-8-13-25(15-16-26)12-7-11-20-9-5-4-6-10-20/h4-6,9-10,17,19H,7-8,11-16,18H2,1-3H3. The average Bonchev–Trinajstić information content (AvgIpc) is 2.85. The first-order valence-corrected chi connectivity index (χ1v) is 10.1. The zero-order chi connectivity index (χ0) is 18.4. The van der Waals surface area contributed by atoms with E-state index in [0.29, 0.717) is 5.92 Å². The molecule has 4 nitrogen and oxygen atoms in total. The minimum absolute atomic E-state index is 0.493. The van der Waals surface area contributed by atoms with E-state index < -0.39 is 0 Å². The van der Waals surface area contributed by atoms with E-state index in [4.69, 9.17) is 0 Å². The second kappa shape index (κ2) is 9.33. The van der Waals surface area contributed by atoms with E-state index in [2.05, 4.69) is 65.3 Å². The molecule has 1 aromatic carbocycles. The Morgan fingerprint density at radius 1 is 1.00 bits per heavy atom. The largest absolute Gasteiger partial charge is 0.302 e. The highest BCUT2D eigenvalue weighted by Gasteiger charge is 2.18. The Morgan fingerprint density at radius 2 is 1.73 bits per heavy atom. The number of benzene rings is 1. The lowest BCUT2D eigenvalue weighted by molar-refractivity contribution is 0.249. The molecule has 2 aromatic rings. The number of rotatable bonds is 7. The first-order valence-electron chi connectivity index (χ1n) is 10.1. The van der Waals surface area contributed by atoms with Crippen LogP contribution in [0.1, 0.15) is 49.4 Å². The molecule has 0 bridgehead atoms.